The molecule has 4 rings (SSSR count). The highest BCUT2D eigenvalue weighted by Crippen LogP contribution is 2.31. The van der Waals surface area contributed by atoms with Crippen molar-refractivity contribution in [2.24, 2.45) is 0 Å². The van der Waals surface area contributed by atoms with Gasteiger partial charge in [0.2, 0.25) is 0 Å². The second-order valence-corrected chi connectivity index (χ2v) is 7.70. The summed E-state index contributed by atoms with van der Waals surface area (Å²) in [6, 6.07) is 19.1. The number of benzene rings is 2. The van der Waals surface area contributed by atoms with Gasteiger partial charge in [0.1, 0.15) is 6.10 Å². The lowest BCUT2D eigenvalue weighted by Crippen LogP contribution is -2.32. The van der Waals surface area contributed by atoms with E-state index < -0.39 is 0 Å². The van der Waals surface area contributed by atoms with Gasteiger partial charge < -0.3 is 9.47 Å². The molecule has 2 saturated heterocycles. The summed E-state index contributed by atoms with van der Waals surface area (Å²) < 4.78 is 10.4. The minimum atomic E-state index is -0.288. The van der Waals surface area contributed by atoms with Crippen LogP contribution in [0.15, 0.2) is 54.6 Å². The fourth-order valence-electron chi connectivity index (χ4n) is 4.20. The molecule has 2 heterocycles. The Morgan fingerprint density at radius 2 is 1.75 bits per heavy atom. The SMILES string of the molecule is COCC1CN(c2ccc(C3CCN(Cc4ccccc4)CC3)cc2)C(=O)O1. The molecule has 0 aliphatic carbocycles. The molecular formula is C23H28N2O3. The number of hydrogen-bond donors (Lipinski definition) is 0. The average molecular weight is 380 g/mol. The molecule has 28 heavy (non-hydrogen) atoms. The van der Waals surface area contributed by atoms with Crippen molar-refractivity contribution in [3.8, 4) is 0 Å². The molecule has 0 N–H and O–H groups in total. The van der Waals surface area contributed by atoms with E-state index in [0.717, 1.165) is 25.3 Å². The summed E-state index contributed by atoms with van der Waals surface area (Å²) in [4.78, 5) is 16.3. The molecule has 2 aromatic rings. The molecule has 2 fully saturated rings. The first-order valence-corrected chi connectivity index (χ1v) is 10.1. The average Bonchev–Trinajstić information content (AvgIpc) is 3.10. The van der Waals surface area contributed by atoms with Gasteiger partial charge >= 0.3 is 6.09 Å². The number of nitrogens with zero attached hydrogens (tertiary/aromatic N) is 2. The maximum absolute atomic E-state index is 12.1. The number of ether oxygens (including phenoxy) is 2. The van der Waals surface area contributed by atoms with Gasteiger partial charge in [0, 0.05) is 19.3 Å². The lowest BCUT2D eigenvalue weighted by Gasteiger charge is -2.32. The number of carbonyl (C=O) groups excluding carboxylic acids is 1. The van der Waals surface area contributed by atoms with Gasteiger partial charge in [-0.15, -0.1) is 0 Å². The molecule has 0 radical (unpaired) electrons. The van der Waals surface area contributed by atoms with Crippen molar-refractivity contribution in [2.75, 3.05) is 38.3 Å². The Hall–Kier alpha value is -2.37. The number of carbonyl (C=O) groups is 1. The Bertz CT molecular complexity index is 770. The van der Waals surface area contributed by atoms with Crippen LogP contribution in [0, 0.1) is 0 Å². The second-order valence-electron chi connectivity index (χ2n) is 7.70. The van der Waals surface area contributed by atoms with Crippen molar-refractivity contribution < 1.29 is 14.3 Å². The minimum Gasteiger partial charge on any atom is -0.441 e. The smallest absolute Gasteiger partial charge is 0.414 e. The zero-order chi connectivity index (χ0) is 19.3. The number of amides is 1. The van der Waals surface area contributed by atoms with Crippen LogP contribution in [0.5, 0.6) is 0 Å². The van der Waals surface area contributed by atoms with Crippen molar-refractivity contribution in [3.63, 3.8) is 0 Å². The summed E-state index contributed by atoms with van der Waals surface area (Å²) in [7, 11) is 1.62. The van der Waals surface area contributed by atoms with Gasteiger partial charge in [-0.3, -0.25) is 9.80 Å². The van der Waals surface area contributed by atoms with Crippen molar-refractivity contribution in [3.05, 3.63) is 65.7 Å². The summed E-state index contributed by atoms with van der Waals surface area (Å²) in [6.07, 6.45) is 1.87. The van der Waals surface area contributed by atoms with E-state index in [0.29, 0.717) is 19.1 Å². The van der Waals surface area contributed by atoms with Crippen molar-refractivity contribution in [1.82, 2.24) is 4.90 Å². The molecule has 0 bridgehead atoms. The van der Waals surface area contributed by atoms with Crippen LogP contribution in [0.3, 0.4) is 0 Å². The van der Waals surface area contributed by atoms with Crippen LogP contribution in [0.4, 0.5) is 10.5 Å². The third kappa shape index (κ3) is 4.37. The van der Waals surface area contributed by atoms with Crippen molar-refractivity contribution in [2.45, 2.75) is 31.4 Å². The summed E-state index contributed by atoms with van der Waals surface area (Å²) in [5.41, 5.74) is 3.65. The molecule has 0 aromatic heterocycles. The predicted octanol–water partition coefficient (Wildman–Crippen LogP) is 4.04. The summed E-state index contributed by atoms with van der Waals surface area (Å²) >= 11 is 0. The fraction of sp³-hybridized carbons (Fsp3) is 0.435. The molecule has 148 valence electrons. The zero-order valence-electron chi connectivity index (χ0n) is 16.4. The molecule has 5 heteroatoms. The van der Waals surface area contributed by atoms with E-state index in [-0.39, 0.29) is 12.2 Å². The standard InChI is InChI=1S/C23H28N2O3/c1-27-17-22-16-25(23(26)28-22)21-9-7-19(8-10-21)20-11-13-24(14-12-20)15-18-5-3-2-4-6-18/h2-10,20,22H,11-17H2,1H3. The van der Waals surface area contributed by atoms with Gasteiger partial charge in [-0.2, -0.15) is 0 Å². The predicted molar refractivity (Wildman–Crippen MR) is 110 cm³/mol. The third-order valence-electron chi connectivity index (χ3n) is 5.74. The number of rotatable bonds is 6. The van der Waals surface area contributed by atoms with E-state index in [4.69, 9.17) is 9.47 Å². The highest BCUT2D eigenvalue weighted by molar-refractivity contribution is 5.89. The van der Waals surface area contributed by atoms with Gasteiger partial charge in [0.25, 0.3) is 0 Å². The van der Waals surface area contributed by atoms with Crippen LogP contribution in [0.25, 0.3) is 0 Å². The quantitative estimate of drug-likeness (QED) is 0.759. The van der Waals surface area contributed by atoms with Gasteiger partial charge in [-0.25, -0.2) is 4.79 Å². The van der Waals surface area contributed by atoms with Gasteiger partial charge in [0.05, 0.1) is 13.2 Å². The normalized spacial score (nSPS) is 21.1. The minimum absolute atomic E-state index is 0.189. The molecule has 5 nitrogen and oxygen atoms in total. The van der Waals surface area contributed by atoms with E-state index in [2.05, 4.69) is 47.4 Å². The molecule has 1 amide bonds. The van der Waals surface area contributed by atoms with Crippen molar-refractivity contribution in [1.29, 1.82) is 0 Å². The molecule has 1 unspecified atom stereocenters. The van der Waals surface area contributed by atoms with E-state index in [1.807, 2.05) is 12.1 Å². The second kappa shape index (κ2) is 8.76. The number of anilines is 1. The van der Waals surface area contributed by atoms with Gasteiger partial charge in [-0.1, -0.05) is 42.5 Å². The summed E-state index contributed by atoms with van der Waals surface area (Å²) in [5, 5.41) is 0. The van der Waals surface area contributed by atoms with Crippen LogP contribution in [-0.2, 0) is 16.0 Å². The highest BCUT2D eigenvalue weighted by atomic mass is 16.6. The Balaban J connectivity index is 1.32. The van der Waals surface area contributed by atoms with Gasteiger partial charge in [0.15, 0.2) is 0 Å². The Kier molecular flexibility index (Phi) is 5.93. The lowest BCUT2D eigenvalue weighted by molar-refractivity contribution is 0.0718. The first-order chi connectivity index (χ1) is 13.7. The number of likely N-dealkylation sites (tertiary alicyclic amines) is 1. The molecule has 2 aliphatic heterocycles. The highest BCUT2D eigenvalue weighted by Gasteiger charge is 2.32. The fourth-order valence-corrected chi connectivity index (χ4v) is 4.20. The zero-order valence-corrected chi connectivity index (χ0v) is 16.4. The van der Waals surface area contributed by atoms with E-state index in [9.17, 15) is 4.79 Å². The third-order valence-corrected chi connectivity index (χ3v) is 5.74. The Morgan fingerprint density at radius 3 is 2.43 bits per heavy atom. The Labute approximate surface area is 166 Å². The van der Waals surface area contributed by atoms with Crippen LogP contribution in [0.2, 0.25) is 0 Å². The van der Waals surface area contributed by atoms with E-state index >= 15 is 0 Å². The monoisotopic (exact) mass is 380 g/mol. The number of methoxy groups -OCH3 is 1. The number of cyclic esters (lactones) is 1. The molecule has 1 atom stereocenters. The largest absolute Gasteiger partial charge is 0.441 e. The van der Waals surface area contributed by atoms with Crippen LogP contribution >= 0.6 is 0 Å². The van der Waals surface area contributed by atoms with Crippen LogP contribution < -0.4 is 4.90 Å². The number of hydrogen-bond acceptors (Lipinski definition) is 4. The topological polar surface area (TPSA) is 42.0 Å². The van der Waals surface area contributed by atoms with Gasteiger partial charge in [-0.05, 0) is 55.1 Å². The van der Waals surface area contributed by atoms with Crippen LogP contribution in [-0.4, -0.2) is 50.4 Å². The van der Waals surface area contributed by atoms with Crippen LogP contribution in [0.1, 0.15) is 29.9 Å². The summed E-state index contributed by atoms with van der Waals surface area (Å²) in [5.74, 6) is 0.591. The number of piperidine rings is 1. The molecular weight excluding hydrogens is 352 g/mol. The molecule has 0 saturated carbocycles. The van der Waals surface area contributed by atoms with E-state index in [1.165, 1.54) is 24.0 Å². The molecule has 0 spiro atoms. The summed E-state index contributed by atoms with van der Waals surface area (Å²) in [6.45, 7) is 4.26. The molecule has 2 aromatic carbocycles. The first kappa shape index (κ1) is 19.0. The van der Waals surface area contributed by atoms with Crippen molar-refractivity contribution >= 4 is 11.8 Å². The maximum atomic E-state index is 12.1. The maximum Gasteiger partial charge on any atom is 0.414 e. The Morgan fingerprint density at radius 1 is 1.04 bits per heavy atom. The van der Waals surface area contributed by atoms with E-state index in [1.54, 1.807) is 12.0 Å². The first-order valence-electron chi connectivity index (χ1n) is 10.1. The lowest BCUT2D eigenvalue weighted by atomic mass is 9.89. The molecule has 2 aliphatic rings.